The summed E-state index contributed by atoms with van der Waals surface area (Å²) in [4.78, 5) is 8.44. The first-order chi connectivity index (χ1) is 7.90. The van der Waals surface area contributed by atoms with E-state index in [2.05, 4.69) is 15.3 Å². The quantitative estimate of drug-likeness (QED) is 0.683. The number of hydrogen-bond donors (Lipinski definition) is 1. The smallest absolute Gasteiger partial charge is 0.196 e. The number of benzene rings is 1. The van der Waals surface area contributed by atoms with Crippen LogP contribution in [0.2, 0.25) is 0 Å². The van der Waals surface area contributed by atoms with Crippen molar-refractivity contribution >= 4 is 27.9 Å². The van der Waals surface area contributed by atoms with Crippen molar-refractivity contribution in [1.82, 2.24) is 9.97 Å². The Morgan fingerprint density at radius 1 is 1.24 bits per heavy atom. The first kappa shape index (κ1) is 11.7. The zero-order valence-corrected chi connectivity index (χ0v) is 10.0. The Kier molecular flexibility index (Phi) is 3.15. The molecular weight excluding hydrogens is 238 g/mol. The molecule has 1 N–H and O–H groups in total. The highest BCUT2D eigenvalue weighted by atomic mass is 35.5. The molecule has 3 aromatic rings. The van der Waals surface area contributed by atoms with Crippen molar-refractivity contribution in [3.63, 3.8) is 0 Å². The maximum Gasteiger partial charge on any atom is 0.196 e. The van der Waals surface area contributed by atoms with E-state index in [-0.39, 0.29) is 12.4 Å². The normalized spacial score (nSPS) is 10.4. The summed E-state index contributed by atoms with van der Waals surface area (Å²) in [7, 11) is 0. The van der Waals surface area contributed by atoms with Gasteiger partial charge in [0, 0.05) is 11.9 Å². The third-order valence-electron chi connectivity index (χ3n) is 2.50. The van der Waals surface area contributed by atoms with Crippen molar-refractivity contribution in [2.75, 3.05) is 11.9 Å². The molecular formula is C12H11ClN3O-. The Morgan fingerprint density at radius 2 is 2.06 bits per heavy atom. The molecule has 2 aromatic heterocycles. The Balaban J connectivity index is 0.00000108. The van der Waals surface area contributed by atoms with Crippen LogP contribution in [0.25, 0.3) is 22.1 Å². The summed E-state index contributed by atoms with van der Waals surface area (Å²) in [6.45, 7) is 2.83. The average molecular weight is 249 g/mol. The van der Waals surface area contributed by atoms with E-state index >= 15 is 0 Å². The van der Waals surface area contributed by atoms with Crippen LogP contribution in [-0.2, 0) is 0 Å². The van der Waals surface area contributed by atoms with E-state index in [9.17, 15) is 0 Å². The predicted octanol–water partition coefficient (Wildman–Crippen LogP) is -0.188. The van der Waals surface area contributed by atoms with Crippen LogP contribution in [0.1, 0.15) is 6.92 Å². The maximum atomic E-state index is 5.75. The first-order valence-corrected chi connectivity index (χ1v) is 5.26. The minimum Gasteiger partial charge on any atom is -1.00 e. The number of halogens is 1. The van der Waals surface area contributed by atoms with Gasteiger partial charge in [-0.3, -0.25) is 0 Å². The first-order valence-electron chi connectivity index (χ1n) is 5.26. The van der Waals surface area contributed by atoms with E-state index in [1.54, 1.807) is 6.33 Å². The highest BCUT2D eigenvalue weighted by Crippen LogP contribution is 2.29. The molecule has 0 unspecified atom stereocenters. The molecule has 88 valence electrons. The van der Waals surface area contributed by atoms with Crippen LogP contribution < -0.4 is 17.7 Å². The molecule has 1 aromatic carbocycles. The summed E-state index contributed by atoms with van der Waals surface area (Å²) in [5.41, 5.74) is 2.43. The van der Waals surface area contributed by atoms with Gasteiger partial charge in [-0.05, 0) is 19.1 Å². The van der Waals surface area contributed by atoms with Gasteiger partial charge in [0.25, 0.3) is 0 Å². The largest absolute Gasteiger partial charge is 1.00 e. The second kappa shape index (κ2) is 4.59. The van der Waals surface area contributed by atoms with E-state index in [0.717, 1.165) is 34.4 Å². The number of para-hydroxylation sites is 1. The van der Waals surface area contributed by atoms with Crippen LogP contribution in [0, 0.1) is 0 Å². The van der Waals surface area contributed by atoms with Crippen molar-refractivity contribution in [2.24, 2.45) is 0 Å². The number of fused-ring (bicyclic) bond motifs is 3. The van der Waals surface area contributed by atoms with Crippen molar-refractivity contribution in [3.8, 4) is 0 Å². The topological polar surface area (TPSA) is 51.0 Å². The lowest BCUT2D eigenvalue weighted by atomic mass is 10.2. The van der Waals surface area contributed by atoms with Crippen molar-refractivity contribution in [3.05, 3.63) is 30.6 Å². The minimum absolute atomic E-state index is 0. The molecule has 0 spiro atoms. The van der Waals surface area contributed by atoms with Crippen LogP contribution in [0.15, 0.2) is 35.0 Å². The summed E-state index contributed by atoms with van der Waals surface area (Å²) in [6, 6.07) is 7.87. The van der Waals surface area contributed by atoms with Crippen molar-refractivity contribution in [2.45, 2.75) is 6.92 Å². The van der Waals surface area contributed by atoms with Crippen LogP contribution in [-0.4, -0.2) is 16.5 Å². The molecule has 0 aliphatic carbocycles. The zero-order chi connectivity index (χ0) is 11.0. The van der Waals surface area contributed by atoms with Gasteiger partial charge >= 0.3 is 0 Å². The molecule has 0 atom stereocenters. The van der Waals surface area contributed by atoms with Crippen LogP contribution in [0.3, 0.4) is 0 Å². The van der Waals surface area contributed by atoms with Crippen molar-refractivity contribution < 1.29 is 16.8 Å². The number of nitrogens with one attached hydrogen (secondary N) is 1. The van der Waals surface area contributed by atoms with Gasteiger partial charge in [0.1, 0.15) is 17.4 Å². The number of hydrogen-bond acceptors (Lipinski definition) is 4. The van der Waals surface area contributed by atoms with Crippen LogP contribution in [0.4, 0.5) is 5.82 Å². The number of anilines is 1. The van der Waals surface area contributed by atoms with Gasteiger partial charge in [0.15, 0.2) is 11.4 Å². The van der Waals surface area contributed by atoms with E-state index in [0.29, 0.717) is 0 Å². The molecule has 0 saturated heterocycles. The Labute approximate surface area is 104 Å². The predicted molar refractivity (Wildman–Crippen MR) is 63.5 cm³/mol. The van der Waals surface area contributed by atoms with Gasteiger partial charge in [0.2, 0.25) is 0 Å². The summed E-state index contributed by atoms with van der Waals surface area (Å²) < 4.78 is 5.75. The molecule has 0 aliphatic rings. The Bertz CT molecular complexity index is 650. The SMILES string of the molecule is CCNc1ncnc2c1oc1ccccc12.[Cl-]. The summed E-state index contributed by atoms with van der Waals surface area (Å²) >= 11 is 0. The highest BCUT2D eigenvalue weighted by Gasteiger charge is 2.11. The molecule has 2 heterocycles. The molecule has 0 radical (unpaired) electrons. The number of nitrogens with zero attached hydrogens (tertiary/aromatic N) is 2. The van der Waals surface area contributed by atoms with Crippen LogP contribution in [0.5, 0.6) is 0 Å². The fourth-order valence-electron chi connectivity index (χ4n) is 1.82. The summed E-state index contributed by atoms with van der Waals surface area (Å²) in [6.07, 6.45) is 1.56. The van der Waals surface area contributed by atoms with Gasteiger partial charge < -0.3 is 22.1 Å². The summed E-state index contributed by atoms with van der Waals surface area (Å²) in [5, 5.41) is 4.19. The number of rotatable bonds is 2. The number of furan rings is 1. The van der Waals surface area contributed by atoms with E-state index < -0.39 is 0 Å². The minimum atomic E-state index is 0. The van der Waals surface area contributed by atoms with E-state index in [1.165, 1.54) is 0 Å². The van der Waals surface area contributed by atoms with Gasteiger partial charge in [-0.25, -0.2) is 9.97 Å². The van der Waals surface area contributed by atoms with Gasteiger partial charge in [-0.1, -0.05) is 12.1 Å². The molecule has 3 rings (SSSR count). The van der Waals surface area contributed by atoms with Crippen LogP contribution >= 0.6 is 0 Å². The Hall–Kier alpha value is -1.81. The molecule has 0 aliphatic heterocycles. The lowest BCUT2D eigenvalue weighted by Crippen LogP contribution is -3.00. The second-order valence-electron chi connectivity index (χ2n) is 3.53. The fraction of sp³-hybridized carbons (Fsp3) is 0.167. The van der Waals surface area contributed by atoms with Gasteiger partial charge in [-0.2, -0.15) is 0 Å². The molecule has 4 nitrogen and oxygen atoms in total. The number of aromatic nitrogens is 2. The average Bonchev–Trinajstić information content (AvgIpc) is 2.69. The monoisotopic (exact) mass is 248 g/mol. The van der Waals surface area contributed by atoms with Gasteiger partial charge in [0.05, 0.1) is 0 Å². The standard InChI is InChI=1S/C12H11N3O.ClH/c1-2-13-12-11-10(14-7-15-12)8-5-3-4-6-9(8)16-11;/h3-7H,2H2,1H3,(H,13,14,15);1H/p-1. The Morgan fingerprint density at radius 3 is 2.88 bits per heavy atom. The third kappa shape index (κ3) is 1.80. The fourth-order valence-corrected chi connectivity index (χ4v) is 1.82. The van der Waals surface area contributed by atoms with E-state index in [1.807, 2.05) is 31.2 Å². The molecule has 0 saturated carbocycles. The zero-order valence-electron chi connectivity index (χ0n) is 9.27. The molecule has 0 bridgehead atoms. The molecule has 5 heteroatoms. The molecule has 0 amide bonds. The molecule has 0 fully saturated rings. The lowest BCUT2D eigenvalue weighted by Gasteiger charge is -2.00. The van der Waals surface area contributed by atoms with Crippen molar-refractivity contribution in [1.29, 1.82) is 0 Å². The van der Waals surface area contributed by atoms with E-state index in [4.69, 9.17) is 4.42 Å². The maximum absolute atomic E-state index is 5.75. The lowest BCUT2D eigenvalue weighted by molar-refractivity contribution is -0.00000376. The third-order valence-corrected chi connectivity index (χ3v) is 2.50. The van der Waals surface area contributed by atoms with Gasteiger partial charge in [-0.15, -0.1) is 0 Å². The highest BCUT2D eigenvalue weighted by molar-refractivity contribution is 6.05. The summed E-state index contributed by atoms with van der Waals surface area (Å²) in [5.74, 6) is 0.753. The second-order valence-corrected chi connectivity index (χ2v) is 3.53. The molecule has 17 heavy (non-hydrogen) atoms.